The molecular weight excluding hydrogens is 314 g/mol. The summed E-state index contributed by atoms with van der Waals surface area (Å²) in [5, 5.41) is 14.0. The van der Waals surface area contributed by atoms with Crippen molar-refractivity contribution in [1.29, 1.82) is 0 Å². The highest BCUT2D eigenvalue weighted by Gasteiger charge is 2.25. The number of rotatable bonds is 8. The molecule has 0 aromatic heterocycles. The second-order valence-electron chi connectivity index (χ2n) is 5.38. The van der Waals surface area contributed by atoms with E-state index in [0.29, 0.717) is 49.5 Å². The molecule has 0 radical (unpaired) electrons. The number of nitrogens with one attached hydrogen (secondary N) is 2. The minimum atomic E-state index is -0.843. The molecule has 2 rings (SSSR count). The van der Waals surface area contributed by atoms with Gasteiger partial charge in [-0.25, -0.2) is 4.79 Å². The fourth-order valence-electron chi connectivity index (χ4n) is 2.45. The van der Waals surface area contributed by atoms with E-state index >= 15 is 0 Å². The summed E-state index contributed by atoms with van der Waals surface area (Å²) in [5.74, 6) is -0.594. The van der Waals surface area contributed by atoms with Gasteiger partial charge in [-0.05, 0) is 31.0 Å². The van der Waals surface area contributed by atoms with E-state index in [1.165, 1.54) is 12.0 Å². The van der Waals surface area contributed by atoms with E-state index in [0.717, 1.165) is 0 Å². The summed E-state index contributed by atoms with van der Waals surface area (Å²) >= 11 is 0. The molecule has 3 amide bonds. The Labute approximate surface area is 139 Å². The number of carbonyl (C=O) groups is 3. The van der Waals surface area contributed by atoms with Crippen LogP contribution in [0.1, 0.15) is 29.6 Å². The summed E-state index contributed by atoms with van der Waals surface area (Å²) in [4.78, 5) is 36.0. The van der Waals surface area contributed by atoms with Crippen LogP contribution in [0, 0.1) is 0 Å². The first-order valence-electron chi connectivity index (χ1n) is 7.76. The van der Waals surface area contributed by atoms with Crippen molar-refractivity contribution in [2.45, 2.75) is 19.3 Å². The molecule has 0 saturated carbocycles. The Morgan fingerprint density at radius 3 is 2.79 bits per heavy atom. The van der Waals surface area contributed by atoms with Gasteiger partial charge in [-0.15, -0.1) is 0 Å². The Hall–Kier alpha value is -2.77. The van der Waals surface area contributed by atoms with Crippen molar-refractivity contribution < 1.29 is 24.2 Å². The number of hydrogen-bond donors (Lipinski definition) is 3. The highest BCUT2D eigenvalue weighted by molar-refractivity contribution is 5.99. The van der Waals surface area contributed by atoms with Gasteiger partial charge in [0.2, 0.25) is 0 Å². The number of hydrogen-bond acceptors (Lipinski definition) is 4. The van der Waals surface area contributed by atoms with Crippen LogP contribution in [0.4, 0.5) is 10.5 Å². The van der Waals surface area contributed by atoms with Gasteiger partial charge in [0.25, 0.3) is 5.91 Å². The Bertz CT molecular complexity index is 632. The van der Waals surface area contributed by atoms with Crippen LogP contribution in [0.25, 0.3) is 0 Å². The lowest BCUT2D eigenvalue weighted by molar-refractivity contribution is -0.137. The first-order chi connectivity index (χ1) is 11.5. The number of aliphatic carboxylic acids is 1. The van der Waals surface area contributed by atoms with Crippen molar-refractivity contribution in [1.82, 2.24) is 10.6 Å². The summed E-state index contributed by atoms with van der Waals surface area (Å²) in [6, 6.07) is 4.68. The molecule has 1 saturated heterocycles. The summed E-state index contributed by atoms with van der Waals surface area (Å²) < 4.78 is 5.27. The highest BCUT2D eigenvalue weighted by Crippen LogP contribution is 2.30. The maximum Gasteiger partial charge on any atom is 0.322 e. The molecule has 0 atom stereocenters. The number of nitrogens with zero attached hydrogens (tertiary/aromatic N) is 1. The van der Waals surface area contributed by atoms with Gasteiger partial charge in [-0.3, -0.25) is 14.5 Å². The number of ether oxygens (including phenoxy) is 1. The van der Waals surface area contributed by atoms with Crippen LogP contribution < -0.4 is 20.3 Å². The summed E-state index contributed by atoms with van der Waals surface area (Å²) in [6.45, 7) is 1.45. The average Bonchev–Trinajstić information content (AvgIpc) is 2.99. The first-order valence-corrected chi connectivity index (χ1v) is 7.76. The third kappa shape index (κ3) is 4.37. The van der Waals surface area contributed by atoms with Gasteiger partial charge in [0, 0.05) is 31.6 Å². The number of anilines is 1. The van der Waals surface area contributed by atoms with Gasteiger partial charge in [0.1, 0.15) is 5.75 Å². The molecule has 130 valence electrons. The highest BCUT2D eigenvalue weighted by atomic mass is 16.5. The maximum absolute atomic E-state index is 12.2. The van der Waals surface area contributed by atoms with E-state index in [-0.39, 0.29) is 18.4 Å². The number of amides is 3. The van der Waals surface area contributed by atoms with Crippen LogP contribution in [-0.2, 0) is 4.79 Å². The molecular formula is C16H21N3O5. The normalized spacial score (nSPS) is 13.5. The van der Waals surface area contributed by atoms with E-state index in [1.54, 1.807) is 18.2 Å². The van der Waals surface area contributed by atoms with Crippen molar-refractivity contribution in [2.24, 2.45) is 0 Å². The number of carbonyl (C=O) groups excluding carboxylic acids is 2. The molecule has 1 aliphatic heterocycles. The monoisotopic (exact) mass is 335 g/mol. The standard InChI is InChI=1S/C16H21N3O5/c1-24-13-6-5-11(10-12(13)19-9-8-18-16(19)23)15(22)17-7-3-2-4-14(20)21/h5-6,10H,2-4,7-9H2,1H3,(H,17,22)(H,18,23)(H,20,21). The number of unbranched alkanes of at least 4 members (excludes halogenated alkanes) is 1. The lowest BCUT2D eigenvalue weighted by Gasteiger charge is -2.18. The molecule has 1 aromatic rings. The molecule has 1 fully saturated rings. The predicted octanol–water partition coefficient (Wildman–Crippen LogP) is 1.21. The van der Waals surface area contributed by atoms with E-state index in [2.05, 4.69) is 10.6 Å². The molecule has 1 heterocycles. The van der Waals surface area contributed by atoms with Crippen LogP contribution >= 0.6 is 0 Å². The lowest BCUT2D eigenvalue weighted by atomic mass is 10.1. The first kappa shape index (κ1) is 17.6. The van der Waals surface area contributed by atoms with Gasteiger partial charge in [-0.1, -0.05) is 0 Å². The predicted molar refractivity (Wildman–Crippen MR) is 87.6 cm³/mol. The number of carboxylic acids is 1. The fourth-order valence-corrected chi connectivity index (χ4v) is 2.45. The Morgan fingerprint density at radius 2 is 2.17 bits per heavy atom. The molecule has 24 heavy (non-hydrogen) atoms. The average molecular weight is 335 g/mol. The van der Waals surface area contributed by atoms with E-state index in [9.17, 15) is 14.4 Å². The fraction of sp³-hybridized carbons (Fsp3) is 0.438. The number of benzene rings is 1. The van der Waals surface area contributed by atoms with Gasteiger partial charge < -0.3 is 20.5 Å². The third-order valence-corrected chi connectivity index (χ3v) is 3.69. The van der Waals surface area contributed by atoms with Crippen LogP contribution in [0.15, 0.2) is 18.2 Å². The van der Waals surface area contributed by atoms with Crippen molar-refractivity contribution in [2.75, 3.05) is 31.6 Å². The third-order valence-electron chi connectivity index (χ3n) is 3.69. The molecule has 3 N–H and O–H groups in total. The van der Waals surface area contributed by atoms with E-state index in [4.69, 9.17) is 9.84 Å². The minimum absolute atomic E-state index is 0.0899. The van der Waals surface area contributed by atoms with Crippen molar-refractivity contribution in [3.63, 3.8) is 0 Å². The summed E-state index contributed by atoms with van der Waals surface area (Å²) in [7, 11) is 1.51. The molecule has 1 aromatic carbocycles. The van der Waals surface area contributed by atoms with Crippen LogP contribution in [-0.4, -0.2) is 49.8 Å². The Balaban J connectivity index is 2.01. The summed E-state index contributed by atoms with van der Waals surface area (Å²) in [5.41, 5.74) is 0.967. The summed E-state index contributed by atoms with van der Waals surface area (Å²) in [6.07, 6.45) is 1.19. The second kappa shape index (κ2) is 8.19. The minimum Gasteiger partial charge on any atom is -0.495 e. The van der Waals surface area contributed by atoms with Crippen LogP contribution in [0.5, 0.6) is 5.75 Å². The molecule has 0 unspecified atom stereocenters. The molecule has 0 aliphatic carbocycles. The number of methoxy groups -OCH3 is 1. The van der Waals surface area contributed by atoms with E-state index < -0.39 is 5.97 Å². The number of carboxylic acid groups (broad SMARTS) is 1. The quantitative estimate of drug-likeness (QED) is 0.619. The van der Waals surface area contributed by atoms with Gasteiger partial charge in [0.05, 0.1) is 12.8 Å². The van der Waals surface area contributed by atoms with Crippen molar-refractivity contribution in [3.05, 3.63) is 23.8 Å². The molecule has 8 nitrogen and oxygen atoms in total. The smallest absolute Gasteiger partial charge is 0.322 e. The zero-order chi connectivity index (χ0) is 17.5. The zero-order valence-electron chi connectivity index (χ0n) is 13.5. The molecule has 0 spiro atoms. The maximum atomic E-state index is 12.2. The zero-order valence-corrected chi connectivity index (χ0v) is 13.5. The number of urea groups is 1. The van der Waals surface area contributed by atoms with E-state index in [1.807, 2.05) is 0 Å². The van der Waals surface area contributed by atoms with Gasteiger partial charge in [-0.2, -0.15) is 0 Å². The SMILES string of the molecule is COc1ccc(C(=O)NCCCCC(=O)O)cc1N1CCNC1=O. The molecule has 1 aliphatic rings. The topological polar surface area (TPSA) is 108 Å². The van der Waals surface area contributed by atoms with Gasteiger partial charge >= 0.3 is 12.0 Å². The van der Waals surface area contributed by atoms with Gasteiger partial charge in [0.15, 0.2) is 0 Å². The van der Waals surface area contributed by atoms with Crippen LogP contribution in [0.3, 0.4) is 0 Å². The largest absolute Gasteiger partial charge is 0.495 e. The van der Waals surface area contributed by atoms with Crippen molar-refractivity contribution in [3.8, 4) is 5.75 Å². The molecule has 0 bridgehead atoms. The van der Waals surface area contributed by atoms with Crippen molar-refractivity contribution >= 4 is 23.6 Å². The second-order valence-corrected chi connectivity index (χ2v) is 5.38. The Morgan fingerprint density at radius 1 is 1.38 bits per heavy atom. The van der Waals surface area contributed by atoms with Crippen LogP contribution in [0.2, 0.25) is 0 Å². The Kier molecular flexibility index (Phi) is 6.00. The molecule has 8 heteroatoms. The lowest BCUT2D eigenvalue weighted by Crippen LogP contribution is -2.29.